The SMILES string of the molecule is O=C([O-])CSC1=NC(=Nc2ccc(Cl)cc2)C2(CCCCC2)N1c1ccc(C(=O)[O-])cc1. The highest BCUT2D eigenvalue weighted by Gasteiger charge is 2.49. The molecule has 1 aliphatic heterocycles. The largest absolute Gasteiger partial charge is 0.549 e. The molecule has 1 spiro atoms. The molecular formula is C23H20ClN3O4S-2. The Morgan fingerprint density at radius 3 is 2.28 bits per heavy atom. The summed E-state index contributed by atoms with van der Waals surface area (Å²) < 4.78 is 0. The fraction of sp³-hybridized carbons (Fsp3) is 0.304. The van der Waals surface area contributed by atoms with Crippen molar-refractivity contribution in [3.05, 3.63) is 59.1 Å². The predicted molar refractivity (Wildman–Crippen MR) is 123 cm³/mol. The number of carbonyl (C=O) groups excluding carboxylic acids is 2. The number of thioether (sulfide) groups is 1. The minimum Gasteiger partial charge on any atom is -0.549 e. The lowest BCUT2D eigenvalue weighted by Gasteiger charge is -2.42. The number of aromatic carboxylic acids is 1. The fourth-order valence-corrected chi connectivity index (χ4v) is 5.14. The number of anilines is 1. The van der Waals surface area contributed by atoms with Crippen LogP contribution in [0.25, 0.3) is 0 Å². The van der Waals surface area contributed by atoms with Crippen LogP contribution >= 0.6 is 23.4 Å². The third-order valence-electron chi connectivity index (χ3n) is 5.66. The average Bonchev–Trinajstić information content (AvgIpc) is 3.06. The first-order valence-corrected chi connectivity index (χ1v) is 11.6. The standard InChI is InChI=1S/C23H22ClN3O4S/c24-16-6-8-17(9-7-16)25-21-23(12-2-1-3-13-23)27(22(26-21)32-14-19(28)29)18-10-4-15(5-11-18)20(30)31/h4-11H,1-3,12-14H2,(H,28,29)(H,30,31)/p-2. The number of carboxylic acids is 2. The summed E-state index contributed by atoms with van der Waals surface area (Å²) in [5.41, 5.74) is 0.954. The summed E-state index contributed by atoms with van der Waals surface area (Å²) in [6.45, 7) is 0. The number of hydrogen-bond donors (Lipinski definition) is 0. The molecule has 166 valence electrons. The second kappa shape index (κ2) is 9.34. The van der Waals surface area contributed by atoms with E-state index < -0.39 is 17.5 Å². The van der Waals surface area contributed by atoms with Gasteiger partial charge in [0.15, 0.2) is 11.0 Å². The van der Waals surface area contributed by atoms with Crippen molar-refractivity contribution in [2.24, 2.45) is 9.98 Å². The Labute approximate surface area is 194 Å². The number of nitrogens with zero attached hydrogens (tertiary/aromatic N) is 3. The zero-order valence-corrected chi connectivity index (χ0v) is 18.7. The van der Waals surface area contributed by atoms with Crippen LogP contribution in [-0.4, -0.2) is 34.2 Å². The van der Waals surface area contributed by atoms with Gasteiger partial charge in [-0.3, -0.25) is 0 Å². The van der Waals surface area contributed by atoms with Crippen molar-refractivity contribution in [1.29, 1.82) is 0 Å². The van der Waals surface area contributed by atoms with Crippen molar-refractivity contribution in [3.8, 4) is 0 Å². The molecule has 4 rings (SSSR count). The summed E-state index contributed by atoms with van der Waals surface area (Å²) in [7, 11) is 0. The maximum absolute atomic E-state index is 11.2. The van der Waals surface area contributed by atoms with Gasteiger partial charge in [0.1, 0.15) is 5.54 Å². The lowest BCUT2D eigenvalue weighted by atomic mass is 9.79. The zero-order chi connectivity index (χ0) is 22.7. The van der Waals surface area contributed by atoms with Crippen molar-refractivity contribution in [1.82, 2.24) is 0 Å². The molecule has 0 radical (unpaired) electrons. The molecule has 1 heterocycles. The van der Waals surface area contributed by atoms with Gasteiger partial charge in [-0.05, 0) is 54.8 Å². The van der Waals surface area contributed by atoms with Crippen LogP contribution in [0.15, 0.2) is 58.5 Å². The van der Waals surface area contributed by atoms with Gasteiger partial charge in [-0.25, -0.2) is 9.98 Å². The topological polar surface area (TPSA) is 108 Å². The van der Waals surface area contributed by atoms with E-state index in [9.17, 15) is 19.8 Å². The predicted octanol–water partition coefficient (Wildman–Crippen LogP) is 2.80. The maximum atomic E-state index is 11.2. The van der Waals surface area contributed by atoms with Crippen molar-refractivity contribution >= 4 is 57.7 Å². The van der Waals surface area contributed by atoms with Crippen molar-refractivity contribution in [2.45, 2.75) is 37.6 Å². The third kappa shape index (κ3) is 4.52. The molecule has 0 unspecified atom stereocenters. The van der Waals surface area contributed by atoms with Gasteiger partial charge >= 0.3 is 0 Å². The van der Waals surface area contributed by atoms with Gasteiger partial charge in [0.05, 0.1) is 17.6 Å². The van der Waals surface area contributed by atoms with E-state index in [-0.39, 0.29) is 11.3 Å². The van der Waals surface area contributed by atoms with Crippen LogP contribution in [-0.2, 0) is 4.79 Å². The highest BCUT2D eigenvalue weighted by Crippen LogP contribution is 2.44. The van der Waals surface area contributed by atoms with E-state index in [1.807, 2.05) is 17.0 Å². The molecule has 0 N–H and O–H groups in total. The minimum absolute atomic E-state index is 0.0709. The van der Waals surface area contributed by atoms with E-state index in [1.165, 1.54) is 12.1 Å². The number of carbonyl (C=O) groups is 2. The fourth-order valence-electron chi connectivity index (χ4n) is 4.20. The first-order chi connectivity index (χ1) is 15.4. The summed E-state index contributed by atoms with van der Waals surface area (Å²) in [6, 6.07) is 13.5. The Hall–Kier alpha value is -2.84. The number of aliphatic imine (C=N–C) groups is 2. The van der Waals surface area contributed by atoms with E-state index in [0.29, 0.717) is 21.7 Å². The highest BCUT2D eigenvalue weighted by molar-refractivity contribution is 8.14. The van der Waals surface area contributed by atoms with Crippen LogP contribution in [0.1, 0.15) is 42.5 Å². The van der Waals surface area contributed by atoms with E-state index >= 15 is 0 Å². The second-order valence-electron chi connectivity index (χ2n) is 7.73. The summed E-state index contributed by atoms with van der Waals surface area (Å²) in [4.78, 5) is 34.0. The Bertz CT molecular complexity index is 1080. The van der Waals surface area contributed by atoms with E-state index in [1.54, 1.807) is 24.3 Å². The number of aliphatic carboxylic acids is 1. The molecule has 1 saturated carbocycles. The first-order valence-electron chi connectivity index (χ1n) is 10.3. The summed E-state index contributed by atoms with van der Waals surface area (Å²) >= 11 is 7.08. The van der Waals surface area contributed by atoms with Crippen molar-refractivity contribution in [2.75, 3.05) is 10.7 Å². The first kappa shape index (κ1) is 22.4. The Morgan fingerprint density at radius 2 is 1.69 bits per heavy atom. The smallest absolute Gasteiger partial charge is 0.171 e. The van der Waals surface area contributed by atoms with Crippen LogP contribution in [0.5, 0.6) is 0 Å². The molecule has 1 aliphatic carbocycles. The van der Waals surface area contributed by atoms with Crippen LogP contribution < -0.4 is 15.1 Å². The zero-order valence-electron chi connectivity index (χ0n) is 17.1. The van der Waals surface area contributed by atoms with Gasteiger partial charge in [-0.1, -0.05) is 54.8 Å². The molecule has 2 aromatic carbocycles. The molecule has 0 aromatic heterocycles. The molecule has 9 heteroatoms. The monoisotopic (exact) mass is 469 g/mol. The molecule has 0 atom stereocenters. The lowest BCUT2D eigenvalue weighted by Crippen LogP contribution is -2.53. The number of amidine groups is 2. The van der Waals surface area contributed by atoms with Gasteiger partial charge in [0, 0.05) is 16.5 Å². The Morgan fingerprint density at radius 1 is 1.03 bits per heavy atom. The highest BCUT2D eigenvalue weighted by atomic mass is 35.5. The molecule has 0 bridgehead atoms. The van der Waals surface area contributed by atoms with Crippen LogP contribution in [0.4, 0.5) is 11.4 Å². The molecule has 2 aliphatic rings. The van der Waals surface area contributed by atoms with Crippen LogP contribution in [0, 0.1) is 0 Å². The van der Waals surface area contributed by atoms with Gasteiger partial charge in [0.2, 0.25) is 0 Å². The van der Waals surface area contributed by atoms with Gasteiger partial charge in [-0.15, -0.1) is 0 Å². The number of rotatable bonds is 5. The summed E-state index contributed by atoms with van der Waals surface area (Å²) in [5, 5.41) is 23.5. The maximum Gasteiger partial charge on any atom is 0.171 e. The number of hydrogen-bond acceptors (Lipinski definition) is 7. The quantitative estimate of drug-likeness (QED) is 0.666. The van der Waals surface area contributed by atoms with Gasteiger partial charge < -0.3 is 24.7 Å². The molecule has 7 nitrogen and oxygen atoms in total. The third-order valence-corrected chi connectivity index (χ3v) is 6.82. The van der Waals surface area contributed by atoms with Crippen LogP contribution in [0.3, 0.4) is 0 Å². The number of carboxylic acid groups (broad SMARTS) is 2. The Balaban J connectivity index is 1.81. The second-order valence-corrected chi connectivity index (χ2v) is 9.11. The number of benzene rings is 2. The van der Waals surface area contributed by atoms with E-state index in [4.69, 9.17) is 21.6 Å². The van der Waals surface area contributed by atoms with E-state index in [2.05, 4.69) is 0 Å². The van der Waals surface area contributed by atoms with Crippen LogP contribution in [0.2, 0.25) is 5.02 Å². The summed E-state index contributed by atoms with van der Waals surface area (Å²) in [5.74, 6) is -2.08. The van der Waals surface area contributed by atoms with Crippen molar-refractivity contribution < 1.29 is 19.8 Å². The van der Waals surface area contributed by atoms with Gasteiger partial charge in [-0.2, -0.15) is 0 Å². The molecule has 0 saturated heterocycles. The van der Waals surface area contributed by atoms with Crippen molar-refractivity contribution in [3.63, 3.8) is 0 Å². The van der Waals surface area contributed by atoms with Gasteiger partial charge in [0.25, 0.3) is 0 Å². The molecule has 32 heavy (non-hydrogen) atoms. The normalized spacial score (nSPS) is 18.7. The Kier molecular flexibility index (Phi) is 6.53. The average molecular weight is 470 g/mol. The molecule has 2 aromatic rings. The minimum atomic E-state index is -1.25. The number of halogens is 1. The molecular weight excluding hydrogens is 450 g/mol. The van der Waals surface area contributed by atoms with E-state index in [0.717, 1.165) is 49.6 Å². The molecule has 1 fully saturated rings. The lowest BCUT2D eigenvalue weighted by molar-refractivity contribution is -0.301. The summed E-state index contributed by atoms with van der Waals surface area (Å²) in [6.07, 6.45) is 4.62. The molecule has 0 amide bonds.